The third-order valence-corrected chi connectivity index (χ3v) is 14.5. The van der Waals surface area contributed by atoms with Crippen LogP contribution in [0.25, 0.3) is 0 Å². The Bertz CT molecular complexity index is 1610. The quantitative estimate of drug-likeness (QED) is 0.0261. The number of unbranched alkanes of at least 4 members (excludes halogenated alkanes) is 32. The van der Waals surface area contributed by atoms with Crippen molar-refractivity contribution in [2.24, 2.45) is 0 Å². The summed E-state index contributed by atoms with van der Waals surface area (Å²) >= 11 is 0. The molecule has 0 heterocycles. The van der Waals surface area contributed by atoms with E-state index in [1.54, 1.807) is 0 Å². The number of hydrogen-bond donors (Lipinski definition) is 0. The minimum atomic E-state index is -0.780. The first-order chi connectivity index (χ1) is 39.5. The van der Waals surface area contributed by atoms with Crippen molar-refractivity contribution in [2.75, 3.05) is 13.2 Å². The lowest BCUT2D eigenvalue weighted by atomic mass is 10.1. The summed E-state index contributed by atoms with van der Waals surface area (Å²) in [5, 5.41) is 0. The zero-order valence-electron chi connectivity index (χ0n) is 52.6. The minimum Gasteiger partial charge on any atom is -0.462 e. The van der Waals surface area contributed by atoms with Gasteiger partial charge >= 0.3 is 17.9 Å². The molecular formula is C74H126O6. The van der Waals surface area contributed by atoms with Crippen LogP contribution < -0.4 is 0 Å². The van der Waals surface area contributed by atoms with Crippen LogP contribution in [0, 0.1) is 0 Å². The number of allylic oxidation sites excluding steroid dienone is 18. The first-order valence-electron chi connectivity index (χ1n) is 33.9. The van der Waals surface area contributed by atoms with Gasteiger partial charge in [0.05, 0.1) is 0 Å². The molecule has 1 unspecified atom stereocenters. The monoisotopic (exact) mass is 1110 g/mol. The fraction of sp³-hybridized carbons (Fsp3) is 0.716. The molecule has 0 fully saturated rings. The summed E-state index contributed by atoms with van der Waals surface area (Å²) in [5.74, 6) is -0.878. The maximum Gasteiger partial charge on any atom is 0.306 e. The van der Waals surface area contributed by atoms with Crippen LogP contribution >= 0.6 is 0 Å². The van der Waals surface area contributed by atoms with E-state index in [1.165, 1.54) is 173 Å². The topological polar surface area (TPSA) is 78.9 Å². The number of esters is 3. The van der Waals surface area contributed by atoms with Crippen LogP contribution in [0.4, 0.5) is 0 Å². The van der Waals surface area contributed by atoms with Crippen LogP contribution in [0.1, 0.15) is 323 Å². The average Bonchev–Trinajstić information content (AvgIpc) is 3.46. The summed E-state index contributed by atoms with van der Waals surface area (Å²) in [4.78, 5) is 38.2. The molecule has 0 N–H and O–H groups in total. The van der Waals surface area contributed by atoms with Crippen molar-refractivity contribution in [2.45, 2.75) is 329 Å². The SMILES string of the molecule is CC/C=C\C/C=C\C/C=C\C/C=C\C/C=C\C/C=C\C/C=C\C/C=C\CCCCCCCCCCCCC(=O)OCC(COC(=O)CCCCCCCCCCCC)OC(=O)CCCCCCCCC/C=C\CCCCCCCC. The molecule has 0 saturated heterocycles. The molecule has 0 aliphatic heterocycles. The van der Waals surface area contributed by atoms with Gasteiger partial charge in [-0.1, -0.05) is 304 Å². The molecule has 458 valence electrons. The first-order valence-corrected chi connectivity index (χ1v) is 33.9. The lowest BCUT2D eigenvalue weighted by molar-refractivity contribution is -0.167. The van der Waals surface area contributed by atoms with Crippen LogP contribution in [-0.4, -0.2) is 37.2 Å². The Labute approximate surface area is 495 Å². The molecule has 0 spiro atoms. The lowest BCUT2D eigenvalue weighted by Crippen LogP contribution is -2.30. The van der Waals surface area contributed by atoms with E-state index in [0.29, 0.717) is 19.3 Å². The summed E-state index contributed by atoms with van der Waals surface area (Å²) in [6.07, 6.45) is 92.5. The Hall–Kier alpha value is -3.93. The number of carbonyl (C=O) groups excluding carboxylic acids is 3. The van der Waals surface area contributed by atoms with Gasteiger partial charge in [0, 0.05) is 19.3 Å². The highest BCUT2D eigenvalue weighted by Crippen LogP contribution is 2.16. The van der Waals surface area contributed by atoms with Crippen LogP contribution in [0.2, 0.25) is 0 Å². The van der Waals surface area contributed by atoms with Gasteiger partial charge in [-0.25, -0.2) is 0 Å². The summed E-state index contributed by atoms with van der Waals surface area (Å²) in [7, 11) is 0. The van der Waals surface area contributed by atoms with Crippen molar-refractivity contribution in [3.63, 3.8) is 0 Å². The molecule has 0 aromatic carbocycles. The van der Waals surface area contributed by atoms with Gasteiger partial charge in [0.25, 0.3) is 0 Å². The fourth-order valence-corrected chi connectivity index (χ4v) is 9.45. The van der Waals surface area contributed by atoms with Crippen LogP contribution in [0.15, 0.2) is 109 Å². The molecule has 0 aliphatic carbocycles. The predicted molar refractivity (Wildman–Crippen MR) is 348 cm³/mol. The average molecular weight is 1110 g/mol. The van der Waals surface area contributed by atoms with Gasteiger partial charge in [0.1, 0.15) is 13.2 Å². The van der Waals surface area contributed by atoms with Crippen molar-refractivity contribution >= 4 is 17.9 Å². The Morgan fingerprint density at radius 2 is 0.487 bits per heavy atom. The number of ether oxygens (including phenoxy) is 3. The lowest BCUT2D eigenvalue weighted by Gasteiger charge is -2.18. The molecule has 1 atom stereocenters. The fourth-order valence-electron chi connectivity index (χ4n) is 9.45. The van der Waals surface area contributed by atoms with E-state index < -0.39 is 6.10 Å². The van der Waals surface area contributed by atoms with Crippen LogP contribution in [-0.2, 0) is 28.6 Å². The second-order valence-electron chi connectivity index (χ2n) is 22.4. The highest BCUT2D eigenvalue weighted by atomic mass is 16.6. The second kappa shape index (κ2) is 67.6. The Morgan fingerprint density at radius 3 is 0.775 bits per heavy atom. The van der Waals surface area contributed by atoms with Gasteiger partial charge in [0.2, 0.25) is 0 Å². The van der Waals surface area contributed by atoms with E-state index >= 15 is 0 Å². The molecule has 0 saturated carbocycles. The van der Waals surface area contributed by atoms with Gasteiger partial charge in [-0.15, -0.1) is 0 Å². The third-order valence-electron chi connectivity index (χ3n) is 14.5. The van der Waals surface area contributed by atoms with Gasteiger partial charge in [-0.2, -0.15) is 0 Å². The molecule has 0 aromatic heterocycles. The summed E-state index contributed by atoms with van der Waals surface area (Å²) in [6.45, 7) is 6.53. The molecule has 80 heavy (non-hydrogen) atoms. The molecule has 6 heteroatoms. The van der Waals surface area contributed by atoms with Crippen LogP contribution in [0.5, 0.6) is 0 Å². The molecule has 0 aliphatic rings. The minimum absolute atomic E-state index is 0.0774. The van der Waals surface area contributed by atoms with Gasteiger partial charge in [-0.3, -0.25) is 14.4 Å². The van der Waals surface area contributed by atoms with Crippen molar-refractivity contribution in [3.8, 4) is 0 Å². The highest BCUT2D eigenvalue weighted by molar-refractivity contribution is 5.71. The second-order valence-corrected chi connectivity index (χ2v) is 22.4. The first kappa shape index (κ1) is 76.1. The molecule has 6 nitrogen and oxygen atoms in total. The van der Waals surface area contributed by atoms with Crippen molar-refractivity contribution in [3.05, 3.63) is 109 Å². The zero-order valence-corrected chi connectivity index (χ0v) is 52.6. The van der Waals surface area contributed by atoms with Crippen molar-refractivity contribution in [1.29, 1.82) is 0 Å². The van der Waals surface area contributed by atoms with E-state index in [4.69, 9.17) is 14.2 Å². The predicted octanol–water partition coefficient (Wildman–Crippen LogP) is 23.4. The largest absolute Gasteiger partial charge is 0.462 e. The maximum absolute atomic E-state index is 12.9. The molecule has 0 rings (SSSR count). The third kappa shape index (κ3) is 64.9. The number of rotatable bonds is 61. The summed E-state index contributed by atoms with van der Waals surface area (Å²) in [6, 6.07) is 0. The molecule has 0 amide bonds. The smallest absolute Gasteiger partial charge is 0.306 e. The van der Waals surface area contributed by atoms with Gasteiger partial charge < -0.3 is 14.2 Å². The molecule has 0 aromatic rings. The zero-order chi connectivity index (χ0) is 57.8. The number of carbonyl (C=O) groups is 3. The van der Waals surface area contributed by atoms with E-state index in [9.17, 15) is 14.4 Å². The summed E-state index contributed by atoms with van der Waals surface area (Å²) < 4.78 is 16.9. The van der Waals surface area contributed by atoms with E-state index in [2.05, 4.69) is 130 Å². The van der Waals surface area contributed by atoms with Crippen molar-refractivity contribution in [1.82, 2.24) is 0 Å². The normalized spacial score (nSPS) is 12.8. The molecule has 0 bridgehead atoms. The Morgan fingerprint density at radius 1 is 0.263 bits per heavy atom. The summed E-state index contributed by atoms with van der Waals surface area (Å²) in [5.41, 5.74) is 0. The Balaban J connectivity index is 4.17. The van der Waals surface area contributed by atoms with E-state index in [-0.39, 0.29) is 31.1 Å². The Kier molecular flexibility index (Phi) is 64.3. The molecular weight excluding hydrogens is 985 g/mol. The van der Waals surface area contributed by atoms with Gasteiger partial charge in [0.15, 0.2) is 6.10 Å². The maximum atomic E-state index is 12.9. The van der Waals surface area contributed by atoms with Crippen molar-refractivity contribution < 1.29 is 28.6 Å². The highest BCUT2D eigenvalue weighted by Gasteiger charge is 2.19. The van der Waals surface area contributed by atoms with E-state index in [1.807, 2.05) is 0 Å². The van der Waals surface area contributed by atoms with Gasteiger partial charge in [-0.05, 0) is 109 Å². The number of hydrogen-bond acceptors (Lipinski definition) is 6. The van der Waals surface area contributed by atoms with Crippen LogP contribution in [0.3, 0.4) is 0 Å². The van der Waals surface area contributed by atoms with E-state index in [0.717, 1.165) is 109 Å². The standard InChI is InChI=1S/C74H126O6/c1-4-7-10-13-16-19-22-24-26-28-29-30-31-32-33-34-35-36-37-38-39-40-41-42-43-44-45-47-48-50-52-55-58-61-64-67-73(76)79-70-71(69-78-72(75)66-63-60-57-54-21-18-15-12-9-6-3)80-74(77)68-65-62-59-56-53-51-49-46-27-25-23-20-17-14-11-8-5-2/h7,10,16,19,24-27,29-30,32-33,35-36,38-39,41-42,71H,4-6,8-9,11-15,17-18,20-23,28,31,34,37,40,43-70H2,1-3H3/b10-7-,19-16-,26-24-,27-25-,30-29-,33-32-,36-35-,39-38-,42-41-. The molecule has 0 radical (unpaired) electrons.